The van der Waals surface area contributed by atoms with Crippen LogP contribution in [0, 0.1) is 23.2 Å². The molecular weight excluding hydrogens is 338 g/mol. The zero-order chi connectivity index (χ0) is 19.1. The van der Waals surface area contributed by atoms with Gasteiger partial charge in [0.1, 0.15) is 6.61 Å². The van der Waals surface area contributed by atoms with Crippen molar-refractivity contribution in [3.63, 3.8) is 0 Å². The van der Waals surface area contributed by atoms with Gasteiger partial charge in [0.2, 0.25) is 0 Å². The van der Waals surface area contributed by atoms with E-state index in [1.54, 1.807) is 0 Å². The van der Waals surface area contributed by atoms with E-state index in [1.807, 2.05) is 0 Å². The molecule has 2 saturated carbocycles. The fourth-order valence-corrected chi connectivity index (χ4v) is 6.69. The molecule has 1 saturated heterocycles. The fourth-order valence-electron chi connectivity index (χ4n) is 6.69. The van der Waals surface area contributed by atoms with Crippen LogP contribution in [0.25, 0.3) is 0 Å². The van der Waals surface area contributed by atoms with Crippen LogP contribution in [-0.2, 0) is 9.47 Å². The topological polar surface area (TPSA) is 47.6 Å². The van der Waals surface area contributed by atoms with Crippen LogP contribution in [0.3, 0.4) is 0 Å². The number of hydrogen-bond acceptors (Lipinski definition) is 3. The highest BCUT2D eigenvalue weighted by atomic mass is 16.6. The lowest BCUT2D eigenvalue weighted by molar-refractivity contribution is -0.212. The van der Waals surface area contributed by atoms with Crippen LogP contribution in [0.5, 0.6) is 0 Å². The second kappa shape index (κ2) is 7.42. The van der Waals surface area contributed by atoms with Crippen molar-refractivity contribution in [1.29, 1.82) is 0 Å². The molecule has 0 aromatic rings. The van der Waals surface area contributed by atoms with Gasteiger partial charge in [-0.25, -0.2) is 4.79 Å². The van der Waals surface area contributed by atoms with Gasteiger partial charge in [0.15, 0.2) is 0 Å². The molecule has 4 aliphatic rings. The second-order valence-corrected chi connectivity index (χ2v) is 9.81. The van der Waals surface area contributed by atoms with Gasteiger partial charge in [-0.05, 0) is 44.4 Å². The molecule has 0 aromatic carbocycles. The van der Waals surface area contributed by atoms with Crippen molar-refractivity contribution < 1.29 is 14.3 Å². The number of nitrogens with one attached hydrogen (secondary N) is 1. The molecule has 1 aliphatic heterocycles. The predicted molar refractivity (Wildman–Crippen MR) is 107 cm³/mol. The molecule has 2 bridgehead atoms. The Balaban J connectivity index is 1.45. The van der Waals surface area contributed by atoms with Gasteiger partial charge >= 0.3 is 6.09 Å². The van der Waals surface area contributed by atoms with Crippen molar-refractivity contribution in [2.75, 3.05) is 13.2 Å². The molecule has 1 heterocycles. The maximum absolute atomic E-state index is 12.4. The van der Waals surface area contributed by atoms with Crippen LogP contribution in [-0.4, -0.2) is 30.9 Å². The van der Waals surface area contributed by atoms with E-state index >= 15 is 0 Å². The number of ether oxygens (including phenoxy) is 2. The van der Waals surface area contributed by atoms with Crippen molar-refractivity contribution in [2.24, 2.45) is 23.2 Å². The summed E-state index contributed by atoms with van der Waals surface area (Å²) in [4.78, 5) is 12.4. The van der Waals surface area contributed by atoms with Gasteiger partial charge in [-0.2, -0.15) is 0 Å². The van der Waals surface area contributed by atoms with Crippen molar-refractivity contribution in [3.8, 4) is 0 Å². The number of allylic oxidation sites excluding steroid dienone is 1. The van der Waals surface area contributed by atoms with Gasteiger partial charge in [0.25, 0.3) is 0 Å². The molecule has 1 spiro atoms. The molecule has 4 atom stereocenters. The summed E-state index contributed by atoms with van der Waals surface area (Å²) < 4.78 is 12.5. The lowest BCUT2D eigenvalue weighted by Gasteiger charge is -2.59. The quantitative estimate of drug-likeness (QED) is 0.688. The molecule has 1 amide bonds. The summed E-state index contributed by atoms with van der Waals surface area (Å²) >= 11 is 0. The lowest BCUT2D eigenvalue weighted by atomic mass is 9.53. The van der Waals surface area contributed by atoms with Crippen LogP contribution < -0.4 is 5.32 Å². The maximum Gasteiger partial charge on any atom is 0.407 e. The molecule has 4 nitrogen and oxygen atoms in total. The van der Waals surface area contributed by atoms with Gasteiger partial charge in [0.05, 0.1) is 12.2 Å². The summed E-state index contributed by atoms with van der Waals surface area (Å²) in [5.74, 6) is 1.31. The minimum atomic E-state index is -0.236. The Kier molecular flexibility index (Phi) is 5.30. The molecule has 4 heteroatoms. The Morgan fingerprint density at radius 1 is 1.19 bits per heavy atom. The number of carbonyl (C=O) groups excluding carboxylic acids is 1. The Hall–Kier alpha value is -1.03. The molecule has 3 fully saturated rings. The third-order valence-electron chi connectivity index (χ3n) is 8.36. The summed E-state index contributed by atoms with van der Waals surface area (Å²) in [6.45, 7) is 8.11. The van der Waals surface area contributed by atoms with Gasteiger partial charge in [0, 0.05) is 17.4 Å². The largest absolute Gasteiger partial charge is 0.449 e. The number of amides is 1. The smallest absolute Gasteiger partial charge is 0.407 e. The summed E-state index contributed by atoms with van der Waals surface area (Å²) in [5.41, 5.74) is 1.43. The average Bonchev–Trinajstić information content (AvgIpc) is 3.10. The highest BCUT2D eigenvalue weighted by Crippen LogP contribution is 2.59. The zero-order valence-corrected chi connectivity index (χ0v) is 17.4. The van der Waals surface area contributed by atoms with Crippen molar-refractivity contribution in [2.45, 2.75) is 90.2 Å². The SMILES string of the molecule is CC1=C[C@@H](C)[C@]2(COC(=O)NC3CCCCC3)COC3(CCCC3)[C@H]1[C@@H]2C. The monoisotopic (exact) mass is 375 g/mol. The third-order valence-corrected chi connectivity index (χ3v) is 8.36. The van der Waals surface area contributed by atoms with Gasteiger partial charge in [-0.1, -0.05) is 57.6 Å². The number of carbonyl (C=O) groups is 1. The Morgan fingerprint density at radius 2 is 1.89 bits per heavy atom. The summed E-state index contributed by atoms with van der Waals surface area (Å²) in [6, 6.07) is 0.296. The van der Waals surface area contributed by atoms with E-state index in [0.717, 1.165) is 12.8 Å². The second-order valence-electron chi connectivity index (χ2n) is 9.81. The van der Waals surface area contributed by atoms with Crippen LogP contribution in [0.4, 0.5) is 4.79 Å². The minimum absolute atomic E-state index is 0.0357. The number of rotatable bonds is 3. The highest BCUT2D eigenvalue weighted by molar-refractivity contribution is 5.67. The third kappa shape index (κ3) is 3.32. The molecule has 27 heavy (non-hydrogen) atoms. The molecule has 3 aliphatic carbocycles. The van der Waals surface area contributed by atoms with E-state index in [-0.39, 0.29) is 17.1 Å². The van der Waals surface area contributed by atoms with Crippen molar-refractivity contribution in [3.05, 3.63) is 11.6 Å². The average molecular weight is 376 g/mol. The molecule has 1 N–H and O–H groups in total. The van der Waals surface area contributed by atoms with Crippen LogP contribution in [0.2, 0.25) is 0 Å². The van der Waals surface area contributed by atoms with Crippen molar-refractivity contribution >= 4 is 6.09 Å². The summed E-state index contributed by atoms with van der Waals surface area (Å²) in [5, 5.41) is 3.10. The molecule has 4 rings (SSSR count). The first-order valence-corrected chi connectivity index (χ1v) is 11.2. The van der Waals surface area contributed by atoms with Crippen molar-refractivity contribution in [1.82, 2.24) is 5.32 Å². The van der Waals surface area contributed by atoms with E-state index in [2.05, 4.69) is 32.2 Å². The normalized spacial score (nSPS) is 38.5. The fraction of sp³-hybridized carbons (Fsp3) is 0.870. The Labute approximate surface area is 164 Å². The van der Waals surface area contributed by atoms with E-state index < -0.39 is 0 Å². The van der Waals surface area contributed by atoms with E-state index in [9.17, 15) is 4.79 Å². The van der Waals surface area contributed by atoms with E-state index in [0.29, 0.717) is 37.0 Å². The standard InChI is InChI=1S/C23H37NO3/c1-16-13-17(2)22(14-26-21(25)24-19-9-5-4-6-10-19)15-27-23(11-7-8-12-23)20(16)18(22)3/h13,17-20H,4-12,14-15H2,1-3H3,(H,24,25)/t17-,18+,20-,22+/m1/s1. The molecule has 0 unspecified atom stereocenters. The van der Waals surface area contributed by atoms with Gasteiger partial charge in [-0.15, -0.1) is 0 Å². The van der Waals surface area contributed by atoms with Gasteiger partial charge < -0.3 is 14.8 Å². The number of hydrogen-bond donors (Lipinski definition) is 1. The Morgan fingerprint density at radius 3 is 2.59 bits per heavy atom. The number of alkyl carbamates (subject to hydrolysis) is 1. The molecule has 0 radical (unpaired) electrons. The van der Waals surface area contributed by atoms with E-state index in [4.69, 9.17) is 9.47 Å². The van der Waals surface area contributed by atoms with Crippen LogP contribution in [0.1, 0.15) is 78.6 Å². The first-order valence-electron chi connectivity index (χ1n) is 11.2. The maximum atomic E-state index is 12.4. The van der Waals surface area contributed by atoms with Crippen LogP contribution >= 0.6 is 0 Å². The number of fused-ring (bicyclic) bond motifs is 3. The summed E-state index contributed by atoms with van der Waals surface area (Å²) in [6.07, 6.45) is 13.0. The Bertz CT molecular complexity index is 588. The lowest BCUT2D eigenvalue weighted by Crippen LogP contribution is -2.61. The van der Waals surface area contributed by atoms with Crippen LogP contribution in [0.15, 0.2) is 11.6 Å². The molecule has 152 valence electrons. The van der Waals surface area contributed by atoms with E-state index in [1.165, 1.54) is 50.5 Å². The first-order chi connectivity index (χ1) is 13.0. The van der Waals surface area contributed by atoms with Gasteiger partial charge in [-0.3, -0.25) is 0 Å². The molecule has 0 aromatic heterocycles. The summed E-state index contributed by atoms with van der Waals surface area (Å²) in [7, 11) is 0. The highest BCUT2D eigenvalue weighted by Gasteiger charge is 2.60. The predicted octanol–water partition coefficient (Wildman–Crippen LogP) is 5.22. The minimum Gasteiger partial charge on any atom is -0.449 e. The zero-order valence-electron chi connectivity index (χ0n) is 17.4. The molecular formula is C23H37NO3. The first kappa shape index (κ1) is 19.3.